The molecule has 1 aliphatic carbocycles. The number of piperidine rings is 1. The summed E-state index contributed by atoms with van der Waals surface area (Å²) in [6.45, 7) is 3.62. The first-order chi connectivity index (χ1) is 10.1. The van der Waals surface area contributed by atoms with Crippen molar-refractivity contribution in [2.24, 2.45) is 7.05 Å². The zero-order chi connectivity index (χ0) is 15.0. The van der Waals surface area contributed by atoms with Crippen LogP contribution in [0.15, 0.2) is 4.79 Å². The van der Waals surface area contributed by atoms with Crippen LogP contribution in [0.25, 0.3) is 0 Å². The number of carbonyl (C=O) groups excluding carboxylic acids is 1. The molecule has 2 heterocycles. The molecule has 0 bridgehead atoms. The van der Waals surface area contributed by atoms with Gasteiger partial charge in [-0.2, -0.15) is 5.10 Å². The Labute approximate surface area is 124 Å². The maximum absolute atomic E-state index is 12.2. The molecule has 0 spiro atoms. The first-order valence-electron chi connectivity index (χ1n) is 8.05. The molecule has 1 amide bonds. The van der Waals surface area contributed by atoms with Crippen LogP contribution in [-0.4, -0.2) is 38.2 Å². The van der Waals surface area contributed by atoms with E-state index in [4.69, 9.17) is 0 Å². The van der Waals surface area contributed by atoms with Gasteiger partial charge in [-0.05, 0) is 32.1 Å². The van der Waals surface area contributed by atoms with Crippen molar-refractivity contribution in [1.29, 1.82) is 0 Å². The summed E-state index contributed by atoms with van der Waals surface area (Å²) in [5.41, 5.74) is 0.0111. The highest BCUT2D eigenvalue weighted by Crippen LogP contribution is 2.37. The Morgan fingerprint density at radius 3 is 2.48 bits per heavy atom. The Morgan fingerprint density at radius 2 is 1.90 bits per heavy atom. The lowest BCUT2D eigenvalue weighted by Gasteiger charge is -2.31. The second kappa shape index (κ2) is 5.66. The molecular formula is C15H24N4O2. The number of aryl methyl sites for hydroxylation is 1. The molecule has 0 atom stereocenters. The Balaban J connectivity index is 1.71. The van der Waals surface area contributed by atoms with E-state index in [-0.39, 0.29) is 11.6 Å². The third kappa shape index (κ3) is 2.76. The van der Waals surface area contributed by atoms with E-state index in [9.17, 15) is 9.59 Å². The van der Waals surface area contributed by atoms with Crippen LogP contribution >= 0.6 is 0 Å². The minimum absolute atomic E-state index is 0.0111. The third-order valence-corrected chi connectivity index (χ3v) is 4.57. The standard InChI is InChI=1S/C15H24N4O2/c1-3-4-13(20)18-9-7-11(8-10-18)14-16-17(2)15(21)19(14)12-5-6-12/h11-12H,3-10H2,1-2H3. The van der Waals surface area contributed by atoms with Crippen molar-refractivity contribution in [3.8, 4) is 0 Å². The van der Waals surface area contributed by atoms with Crippen LogP contribution in [-0.2, 0) is 11.8 Å². The van der Waals surface area contributed by atoms with E-state index in [0.717, 1.165) is 51.0 Å². The number of carbonyl (C=O) groups is 1. The Hall–Kier alpha value is -1.59. The van der Waals surface area contributed by atoms with Crippen molar-refractivity contribution in [3.05, 3.63) is 16.3 Å². The van der Waals surface area contributed by atoms with E-state index >= 15 is 0 Å². The maximum Gasteiger partial charge on any atom is 0.345 e. The SMILES string of the molecule is CCCC(=O)N1CCC(c2nn(C)c(=O)n2C2CC2)CC1. The molecule has 21 heavy (non-hydrogen) atoms. The first kappa shape index (κ1) is 14.4. The Morgan fingerprint density at radius 1 is 1.24 bits per heavy atom. The predicted molar refractivity (Wildman–Crippen MR) is 79.2 cm³/mol. The molecule has 0 N–H and O–H groups in total. The monoisotopic (exact) mass is 292 g/mol. The van der Waals surface area contributed by atoms with Crippen LogP contribution in [0.2, 0.25) is 0 Å². The summed E-state index contributed by atoms with van der Waals surface area (Å²) in [6.07, 6.45) is 5.55. The van der Waals surface area contributed by atoms with Crippen molar-refractivity contribution < 1.29 is 4.79 Å². The molecule has 1 aromatic heterocycles. The van der Waals surface area contributed by atoms with Gasteiger partial charge in [-0.1, -0.05) is 6.92 Å². The van der Waals surface area contributed by atoms with Gasteiger partial charge in [-0.25, -0.2) is 9.48 Å². The van der Waals surface area contributed by atoms with Crippen LogP contribution in [0.3, 0.4) is 0 Å². The van der Waals surface area contributed by atoms with Gasteiger partial charge >= 0.3 is 5.69 Å². The van der Waals surface area contributed by atoms with Crippen molar-refractivity contribution >= 4 is 5.91 Å². The van der Waals surface area contributed by atoms with Gasteiger partial charge in [0.05, 0.1) is 0 Å². The Bertz CT molecular complexity index is 577. The van der Waals surface area contributed by atoms with Gasteiger partial charge in [0.1, 0.15) is 5.82 Å². The molecule has 2 aliphatic rings. The molecule has 0 radical (unpaired) electrons. The zero-order valence-electron chi connectivity index (χ0n) is 12.9. The highest BCUT2D eigenvalue weighted by atomic mass is 16.2. The van der Waals surface area contributed by atoms with Crippen LogP contribution in [0.4, 0.5) is 0 Å². The number of nitrogens with zero attached hydrogens (tertiary/aromatic N) is 4. The number of rotatable bonds is 4. The zero-order valence-corrected chi connectivity index (χ0v) is 12.9. The van der Waals surface area contributed by atoms with E-state index in [1.54, 1.807) is 7.05 Å². The van der Waals surface area contributed by atoms with Gasteiger partial charge in [0, 0.05) is 38.5 Å². The fraction of sp³-hybridized carbons (Fsp3) is 0.800. The number of hydrogen-bond donors (Lipinski definition) is 0. The second-order valence-electron chi connectivity index (χ2n) is 6.27. The lowest BCUT2D eigenvalue weighted by molar-refractivity contribution is -0.132. The van der Waals surface area contributed by atoms with Gasteiger partial charge in [0.15, 0.2) is 0 Å². The van der Waals surface area contributed by atoms with Crippen LogP contribution in [0.5, 0.6) is 0 Å². The molecule has 1 saturated heterocycles. The molecular weight excluding hydrogens is 268 g/mol. The molecule has 116 valence electrons. The molecule has 6 nitrogen and oxygen atoms in total. The lowest BCUT2D eigenvalue weighted by Crippen LogP contribution is -2.38. The van der Waals surface area contributed by atoms with E-state index < -0.39 is 0 Å². The van der Waals surface area contributed by atoms with Gasteiger partial charge in [0.2, 0.25) is 5.91 Å². The fourth-order valence-electron chi connectivity index (χ4n) is 3.21. The summed E-state index contributed by atoms with van der Waals surface area (Å²) in [5, 5.41) is 4.47. The van der Waals surface area contributed by atoms with Crippen molar-refractivity contribution in [2.45, 2.75) is 57.4 Å². The smallest absolute Gasteiger partial charge is 0.343 e. The summed E-state index contributed by atoms with van der Waals surface area (Å²) in [4.78, 5) is 26.1. The van der Waals surface area contributed by atoms with Crippen molar-refractivity contribution in [2.75, 3.05) is 13.1 Å². The molecule has 1 saturated carbocycles. The summed E-state index contributed by atoms with van der Waals surface area (Å²) in [7, 11) is 1.73. The third-order valence-electron chi connectivity index (χ3n) is 4.57. The average molecular weight is 292 g/mol. The molecule has 1 aromatic rings. The van der Waals surface area contributed by atoms with E-state index in [0.29, 0.717) is 18.4 Å². The van der Waals surface area contributed by atoms with Gasteiger partial charge in [-0.3, -0.25) is 9.36 Å². The summed E-state index contributed by atoms with van der Waals surface area (Å²) < 4.78 is 3.36. The summed E-state index contributed by atoms with van der Waals surface area (Å²) >= 11 is 0. The fourth-order valence-corrected chi connectivity index (χ4v) is 3.21. The van der Waals surface area contributed by atoms with E-state index in [2.05, 4.69) is 5.10 Å². The highest BCUT2D eigenvalue weighted by molar-refractivity contribution is 5.76. The van der Waals surface area contributed by atoms with Gasteiger partial charge < -0.3 is 4.90 Å². The van der Waals surface area contributed by atoms with Crippen LogP contribution in [0.1, 0.15) is 63.2 Å². The summed E-state index contributed by atoms with van der Waals surface area (Å²) in [5.74, 6) is 1.51. The van der Waals surface area contributed by atoms with Gasteiger partial charge in [0.25, 0.3) is 0 Å². The topological polar surface area (TPSA) is 60.1 Å². The Kier molecular flexibility index (Phi) is 3.87. The van der Waals surface area contributed by atoms with Crippen LogP contribution < -0.4 is 5.69 Å². The normalized spacial score (nSPS) is 20.0. The number of likely N-dealkylation sites (tertiary alicyclic amines) is 1. The molecule has 0 unspecified atom stereocenters. The first-order valence-corrected chi connectivity index (χ1v) is 8.05. The highest BCUT2D eigenvalue weighted by Gasteiger charge is 2.34. The lowest BCUT2D eigenvalue weighted by atomic mass is 9.95. The number of aromatic nitrogens is 3. The van der Waals surface area contributed by atoms with Crippen LogP contribution in [0, 0.1) is 0 Å². The average Bonchev–Trinajstić information content (AvgIpc) is 3.27. The van der Waals surface area contributed by atoms with E-state index in [1.165, 1.54) is 4.68 Å². The second-order valence-corrected chi connectivity index (χ2v) is 6.27. The molecule has 3 rings (SSSR count). The quantitative estimate of drug-likeness (QED) is 0.843. The largest absolute Gasteiger partial charge is 0.345 e. The number of amides is 1. The minimum atomic E-state index is 0.0111. The molecule has 6 heteroatoms. The predicted octanol–water partition coefficient (Wildman–Crippen LogP) is 1.42. The van der Waals surface area contributed by atoms with Crippen molar-refractivity contribution in [1.82, 2.24) is 19.2 Å². The molecule has 0 aromatic carbocycles. The number of hydrogen-bond acceptors (Lipinski definition) is 3. The molecule has 2 fully saturated rings. The van der Waals surface area contributed by atoms with Gasteiger partial charge in [-0.15, -0.1) is 0 Å². The molecule has 1 aliphatic heterocycles. The van der Waals surface area contributed by atoms with Crippen molar-refractivity contribution in [3.63, 3.8) is 0 Å². The minimum Gasteiger partial charge on any atom is -0.343 e. The summed E-state index contributed by atoms with van der Waals surface area (Å²) in [6, 6.07) is 0.362. The maximum atomic E-state index is 12.2. The van der Waals surface area contributed by atoms with E-state index in [1.807, 2.05) is 16.4 Å².